The van der Waals surface area contributed by atoms with Gasteiger partial charge in [0.05, 0.1) is 23.8 Å². The fraction of sp³-hybridized carbons (Fsp3) is 0.278. The Bertz CT molecular complexity index is 708. The van der Waals surface area contributed by atoms with Crippen LogP contribution in [-0.2, 0) is 6.54 Å². The number of benzene rings is 2. The minimum atomic E-state index is -0.00549. The van der Waals surface area contributed by atoms with E-state index in [-0.39, 0.29) is 10.8 Å². The molecule has 3 nitrogen and oxygen atoms in total. The Kier molecular flexibility index (Phi) is 5.21. The fourth-order valence-corrected chi connectivity index (χ4v) is 3.38. The van der Waals surface area contributed by atoms with E-state index in [0.29, 0.717) is 10.6 Å². The molecule has 2 N–H and O–H groups in total. The molecule has 3 rings (SSSR count). The van der Waals surface area contributed by atoms with Gasteiger partial charge < -0.3 is 10.0 Å². The summed E-state index contributed by atoms with van der Waals surface area (Å²) >= 11 is 11.9. The Morgan fingerprint density at radius 3 is 2.48 bits per heavy atom. The molecule has 0 saturated carbocycles. The molecule has 120 valence electrons. The number of nitrogens with zero attached hydrogens (tertiary/aromatic N) is 1. The molecule has 5 heteroatoms. The highest BCUT2D eigenvalue weighted by atomic mass is 35.5. The predicted octanol–water partition coefficient (Wildman–Crippen LogP) is 3.63. The van der Waals surface area contributed by atoms with Crippen molar-refractivity contribution in [2.45, 2.75) is 19.4 Å². The number of nitrogens with one attached hydrogen (secondary N) is 1. The van der Waals surface area contributed by atoms with Crippen LogP contribution in [0, 0.1) is 0 Å². The number of quaternary nitrogens is 1. The molecule has 1 fully saturated rings. The first kappa shape index (κ1) is 16.3. The number of phenolic OH excluding ortho intramolecular Hbond substituents is 1. The van der Waals surface area contributed by atoms with Crippen molar-refractivity contribution in [1.82, 2.24) is 0 Å². The predicted molar refractivity (Wildman–Crippen MR) is 95.5 cm³/mol. The molecule has 0 bridgehead atoms. The van der Waals surface area contributed by atoms with Crippen LogP contribution < -0.4 is 4.90 Å². The summed E-state index contributed by atoms with van der Waals surface area (Å²) in [7, 11) is 0. The van der Waals surface area contributed by atoms with E-state index in [1.165, 1.54) is 37.6 Å². The number of halogens is 2. The van der Waals surface area contributed by atoms with Crippen LogP contribution in [-0.4, -0.2) is 24.4 Å². The second-order valence-corrected chi connectivity index (χ2v) is 6.73. The van der Waals surface area contributed by atoms with Gasteiger partial charge >= 0.3 is 0 Å². The van der Waals surface area contributed by atoms with Gasteiger partial charge in [-0.2, -0.15) is 0 Å². The number of aliphatic imine (C=N–C) groups is 1. The average Bonchev–Trinajstić information content (AvgIpc) is 3.04. The molecule has 1 heterocycles. The summed E-state index contributed by atoms with van der Waals surface area (Å²) in [6, 6.07) is 11.4. The fourth-order valence-electron chi connectivity index (χ4n) is 2.87. The highest BCUT2D eigenvalue weighted by molar-refractivity contribution is 6.36. The van der Waals surface area contributed by atoms with Crippen molar-refractivity contribution >= 4 is 35.1 Å². The molecule has 0 atom stereocenters. The number of hydrogen-bond acceptors (Lipinski definition) is 2. The smallest absolute Gasteiger partial charge is 0.143 e. The lowest BCUT2D eigenvalue weighted by Gasteiger charge is -2.11. The monoisotopic (exact) mass is 349 g/mol. The molecule has 1 aliphatic heterocycles. The zero-order chi connectivity index (χ0) is 16.2. The van der Waals surface area contributed by atoms with Crippen LogP contribution in [0.4, 0.5) is 5.69 Å². The van der Waals surface area contributed by atoms with Crippen LogP contribution >= 0.6 is 23.2 Å². The van der Waals surface area contributed by atoms with Crippen molar-refractivity contribution in [2.24, 2.45) is 4.99 Å². The standard InChI is InChI=1S/C18H18Cl2N2O/c19-15-9-14(18(23)17(20)10-15)11-21-16-5-3-13(4-6-16)12-22-7-1-2-8-22/h3-6,9-11,23H,1-2,7-8,12H2/p+1. The van der Waals surface area contributed by atoms with Gasteiger partial charge in [-0.1, -0.05) is 35.3 Å². The third-order valence-corrected chi connectivity index (χ3v) is 4.62. The Hall–Kier alpha value is -1.55. The van der Waals surface area contributed by atoms with Gasteiger partial charge in [0, 0.05) is 35.2 Å². The van der Waals surface area contributed by atoms with Crippen LogP contribution in [0.5, 0.6) is 5.75 Å². The maximum atomic E-state index is 9.92. The molecule has 0 amide bonds. The van der Waals surface area contributed by atoms with Crippen molar-refractivity contribution < 1.29 is 10.0 Å². The van der Waals surface area contributed by atoms with E-state index in [9.17, 15) is 5.11 Å². The summed E-state index contributed by atoms with van der Waals surface area (Å²) in [6.45, 7) is 3.62. The molecular formula is C18H19Cl2N2O+. The lowest BCUT2D eigenvalue weighted by molar-refractivity contribution is -0.901. The molecule has 0 spiro atoms. The normalized spacial score (nSPS) is 15.6. The van der Waals surface area contributed by atoms with Crippen LogP contribution in [0.1, 0.15) is 24.0 Å². The van der Waals surface area contributed by atoms with Crippen molar-refractivity contribution in [3.05, 3.63) is 57.6 Å². The number of phenols is 1. The maximum Gasteiger partial charge on any atom is 0.143 e. The van der Waals surface area contributed by atoms with E-state index < -0.39 is 0 Å². The number of hydrogen-bond donors (Lipinski definition) is 2. The summed E-state index contributed by atoms with van der Waals surface area (Å²) in [5, 5.41) is 10.6. The highest BCUT2D eigenvalue weighted by Gasteiger charge is 2.15. The Balaban J connectivity index is 1.70. The largest absolute Gasteiger partial charge is 0.506 e. The summed E-state index contributed by atoms with van der Waals surface area (Å²) in [5.41, 5.74) is 2.67. The first-order valence-corrected chi connectivity index (χ1v) is 8.52. The Morgan fingerprint density at radius 2 is 1.78 bits per heavy atom. The number of rotatable bonds is 4. The summed E-state index contributed by atoms with van der Waals surface area (Å²) in [5.74, 6) is -0.00549. The molecule has 2 aromatic rings. The third-order valence-electron chi connectivity index (χ3n) is 4.11. The zero-order valence-electron chi connectivity index (χ0n) is 12.7. The Labute approximate surface area is 146 Å². The zero-order valence-corrected chi connectivity index (χ0v) is 14.2. The van der Waals surface area contributed by atoms with Crippen LogP contribution in [0.3, 0.4) is 0 Å². The molecule has 1 saturated heterocycles. The minimum Gasteiger partial charge on any atom is -0.506 e. The van der Waals surface area contributed by atoms with Crippen LogP contribution in [0.25, 0.3) is 0 Å². The van der Waals surface area contributed by atoms with E-state index in [4.69, 9.17) is 23.2 Å². The second kappa shape index (κ2) is 7.35. The Morgan fingerprint density at radius 1 is 1.09 bits per heavy atom. The maximum absolute atomic E-state index is 9.92. The third kappa shape index (κ3) is 4.25. The van der Waals surface area contributed by atoms with E-state index >= 15 is 0 Å². The second-order valence-electron chi connectivity index (χ2n) is 5.88. The van der Waals surface area contributed by atoms with Gasteiger partial charge in [0.1, 0.15) is 12.3 Å². The van der Waals surface area contributed by atoms with Crippen molar-refractivity contribution in [3.63, 3.8) is 0 Å². The van der Waals surface area contributed by atoms with Crippen molar-refractivity contribution in [2.75, 3.05) is 13.1 Å². The number of likely N-dealkylation sites (tertiary alicyclic amines) is 1. The summed E-state index contributed by atoms with van der Waals surface area (Å²) in [4.78, 5) is 6.04. The number of aromatic hydroxyl groups is 1. The first-order valence-electron chi connectivity index (χ1n) is 7.76. The van der Waals surface area contributed by atoms with Crippen molar-refractivity contribution in [3.8, 4) is 5.75 Å². The molecule has 23 heavy (non-hydrogen) atoms. The van der Waals surface area contributed by atoms with Gasteiger partial charge in [-0.3, -0.25) is 4.99 Å². The van der Waals surface area contributed by atoms with E-state index in [2.05, 4.69) is 17.1 Å². The van der Waals surface area contributed by atoms with Crippen LogP contribution in [0.15, 0.2) is 41.4 Å². The van der Waals surface area contributed by atoms with Gasteiger partial charge in [-0.05, 0) is 24.3 Å². The van der Waals surface area contributed by atoms with Gasteiger partial charge in [0.15, 0.2) is 0 Å². The molecule has 0 unspecified atom stereocenters. The topological polar surface area (TPSA) is 37.0 Å². The summed E-state index contributed by atoms with van der Waals surface area (Å²) < 4.78 is 0. The highest BCUT2D eigenvalue weighted by Crippen LogP contribution is 2.30. The lowest BCUT2D eigenvalue weighted by atomic mass is 10.2. The van der Waals surface area contributed by atoms with E-state index in [1.54, 1.807) is 17.2 Å². The van der Waals surface area contributed by atoms with E-state index in [1.807, 2.05) is 12.1 Å². The molecule has 2 aromatic carbocycles. The summed E-state index contributed by atoms with van der Waals surface area (Å²) in [6.07, 6.45) is 4.25. The van der Waals surface area contributed by atoms with Gasteiger partial charge in [-0.15, -0.1) is 0 Å². The van der Waals surface area contributed by atoms with Gasteiger partial charge in [-0.25, -0.2) is 0 Å². The molecule has 0 radical (unpaired) electrons. The van der Waals surface area contributed by atoms with Crippen LogP contribution in [0.2, 0.25) is 10.0 Å². The van der Waals surface area contributed by atoms with Crippen molar-refractivity contribution in [1.29, 1.82) is 0 Å². The lowest BCUT2D eigenvalue weighted by Crippen LogP contribution is -3.08. The van der Waals surface area contributed by atoms with E-state index in [0.717, 1.165) is 12.2 Å². The first-order chi connectivity index (χ1) is 11.1. The molecule has 0 aromatic heterocycles. The molecule has 1 aliphatic rings. The molecule has 0 aliphatic carbocycles. The average molecular weight is 350 g/mol. The quantitative estimate of drug-likeness (QED) is 0.812. The molecular weight excluding hydrogens is 331 g/mol. The van der Waals surface area contributed by atoms with Gasteiger partial charge in [0.2, 0.25) is 0 Å². The SMILES string of the molecule is Oc1c(Cl)cc(Cl)cc1C=Nc1ccc(C[NH+]2CCCC2)cc1. The van der Waals surface area contributed by atoms with Gasteiger partial charge in [0.25, 0.3) is 0 Å². The minimum absolute atomic E-state index is 0.00549.